The van der Waals surface area contributed by atoms with Crippen LogP contribution in [0.15, 0.2) is 63.7 Å². The van der Waals surface area contributed by atoms with Gasteiger partial charge in [0.2, 0.25) is 0 Å². The van der Waals surface area contributed by atoms with Crippen molar-refractivity contribution in [3.8, 4) is 0 Å². The molecule has 0 unspecified atom stereocenters. The quantitative estimate of drug-likeness (QED) is 0.611. The standard InChI is InChI=1S/C18H23N3O3S/c1-18(2,3)13-21(4)16-9-5-14(6-10-16)19-20-15-7-11-17(12-8-15)25(22,23)24/h5-12H,13H2,1-4H3,(H,22,23,24). The van der Waals surface area contributed by atoms with Gasteiger partial charge in [-0.2, -0.15) is 18.6 Å². The first-order valence-corrected chi connectivity index (χ1v) is 9.29. The van der Waals surface area contributed by atoms with Crippen molar-refractivity contribution in [2.24, 2.45) is 15.6 Å². The Kier molecular flexibility index (Phi) is 5.59. The molecule has 2 aromatic rings. The Hall–Kier alpha value is -2.25. The molecule has 1 N–H and O–H groups in total. The highest BCUT2D eigenvalue weighted by atomic mass is 32.2. The van der Waals surface area contributed by atoms with Crippen LogP contribution in [0, 0.1) is 5.41 Å². The van der Waals surface area contributed by atoms with E-state index in [1.54, 1.807) is 0 Å². The maximum absolute atomic E-state index is 11.0. The van der Waals surface area contributed by atoms with E-state index in [1.165, 1.54) is 24.3 Å². The number of rotatable bonds is 5. The molecule has 134 valence electrons. The molecule has 0 radical (unpaired) electrons. The molecule has 0 aliphatic heterocycles. The summed E-state index contributed by atoms with van der Waals surface area (Å²) in [5.41, 5.74) is 2.51. The molecule has 7 heteroatoms. The summed E-state index contributed by atoms with van der Waals surface area (Å²) in [4.78, 5) is 2.02. The van der Waals surface area contributed by atoms with E-state index in [4.69, 9.17) is 4.55 Å². The average molecular weight is 361 g/mol. The zero-order chi connectivity index (χ0) is 18.7. The Bertz CT molecular complexity index is 837. The fourth-order valence-electron chi connectivity index (χ4n) is 2.38. The van der Waals surface area contributed by atoms with Gasteiger partial charge in [-0.15, -0.1) is 0 Å². The molecule has 0 aromatic heterocycles. The largest absolute Gasteiger partial charge is 0.374 e. The Morgan fingerprint density at radius 3 is 1.76 bits per heavy atom. The van der Waals surface area contributed by atoms with Crippen molar-refractivity contribution in [3.05, 3.63) is 48.5 Å². The average Bonchev–Trinajstić information content (AvgIpc) is 2.51. The Morgan fingerprint density at radius 1 is 0.920 bits per heavy atom. The molecule has 6 nitrogen and oxygen atoms in total. The number of hydrogen-bond acceptors (Lipinski definition) is 5. The second-order valence-electron chi connectivity index (χ2n) is 7.10. The minimum atomic E-state index is -4.19. The summed E-state index contributed by atoms with van der Waals surface area (Å²) >= 11 is 0. The molecule has 0 aliphatic rings. The van der Waals surface area contributed by atoms with Crippen molar-refractivity contribution >= 4 is 27.2 Å². The SMILES string of the molecule is CN(CC(C)(C)C)c1ccc(N=Nc2ccc(S(=O)(=O)O)cc2)cc1. The number of azo groups is 1. The topological polar surface area (TPSA) is 82.3 Å². The molecule has 0 saturated carbocycles. The summed E-state index contributed by atoms with van der Waals surface area (Å²) < 4.78 is 30.9. The van der Waals surface area contributed by atoms with Crippen LogP contribution in [0.5, 0.6) is 0 Å². The first-order valence-electron chi connectivity index (χ1n) is 7.85. The Morgan fingerprint density at radius 2 is 1.36 bits per heavy atom. The molecule has 0 atom stereocenters. The fraction of sp³-hybridized carbons (Fsp3) is 0.333. The maximum atomic E-state index is 11.0. The van der Waals surface area contributed by atoms with E-state index in [2.05, 4.69) is 42.9 Å². The van der Waals surface area contributed by atoms with Gasteiger partial charge in [-0.3, -0.25) is 4.55 Å². The van der Waals surface area contributed by atoms with Crippen molar-refractivity contribution in [2.45, 2.75) is 25.7 Å². The lowest BCUT2D eigenvalue weighted by atomic mass is 9.96. The molecule has 0 fully saturated rings. The number of benzene rings is 2. The van der Waals surface area contributed by atoms with Gasteiger partial charge in [0.15, 0.2) is 0 Å². The van der Waals surface area contributed by atoms with E-state index in [9.17, 15) is 8.42 Å². The zero-order valence-corrected chi connectivity index (χ0v) is 15.7. The monoisotopic (exact) mass is 361 g/mol. The predicted molar refractivity (Wildman–Crippen MR) is 99.6 cm³/mol. The van der Waals surface area contributed by atoms with Crippen LogP contribution >= 0.6 is 0 Å². The van der Waals surface area contributed by atoms with E-state index in [1.807, 2.05) is 24.3 Å². The highest BCUT2D eigenvalue weighted by Crippen LogP contribution is 2.24. The van der Waals surface area contributed by atoms with Gasteiger partial charge in [0.1, 0.15) is 0 Å². The minimum absolute atomic E-state index is 0.169. The van der Waals surface area contributed by atoms with Gasteiger partial charge in [-0.25, -0.2) is 0 Å². The van der Waals surface area contributed by atoms with Crippen molar-refractivity contribution in [1.29, 1.82) is 0 Å². The molecule has 2 rings (SSSR count). The maximum Gasteiger partial charge on any atom is 0.294 e. The highest BCUT2D eigenvalue weighted by Gasteiger charge is 2.13. The molecule has 0 amide bonds. The lowest BCUT2D eigenvalue weighted by Gasteiger charge is -2.28. The van der Waals surface area contributed by atoms with Crippen LogP contribution in [-0.4, -0.2) is 26.6 Å². The van der Waals surface area contributed by atoms with Gasteiger partial charge in [0.05, 0.1) is 16.3 Å². The van der Waals surface area contributed by atoms with Crippen LogP contribution in [0.2, 0.25) is 0 Å². The molecular formula is C18H23N3O3S. The second kappa shape index (κ2) is 7.33. The van der Waals surface area contributed by atoms with Gasteiger partial charge < -0.3 is 4.90 Å². The van der Waals surface area contributed by atoms with Crippen molar-refractivity contribution in [3.63, 3.8) is 0 Å². The summed E-state index contributed by atoms with van der Waals surface area (Å²) in [5, 5.41) is 8.21. The smallest absolute Gasteiger partial charge is 0.294 e. The summed E-state index contributed by atoms with van der Waals surface area (Å²) in [7, 11) is -2.14. The van der Waals surface area contributed by atoms with Crippen LogP contribution in [0.25, 0.3) is 0 Å². The van der Waals surface area contributed by atoms with Gasteiger partial charge >= 0.3 is 0 Å². The van der Waals surface area contributed by atoms with Gasteiger partial charge in [0, 0.05) is 19.3 Å². The third kappa shape index (κ3) is 5.95. The lowest BCUT2D eigenvalue weighted by Crippen LogP contribution is -2.28. The summed E-state index contributed by atoms with van der Waals surface area (Å²) in [6, 6.07) is 13.3. The molecule has 0 spiro atoms. The molecule has 0 aliphatic carbocycles. The van der Waals surface area contributed by atoms with Gasteiger partial charge in [-0.1, -0.05) is 20.8 Å². The van der Waals surface area contributed by atoms with Crippen LogP contribution in [0.3, 0.4) is 0 Å². The molecule has 2 aromatic carbocycles. The zero-order valence-electron chi connectivity index (χ0n) is 14.8. The van der Waals surface area contributed by atoms with Crippen LogP contribution in [0.1, 0.15) is 20.8 Å². The number of hydrogen-bond donors (Lipinski definition) is 1. The third-order valence-corrected chi connectivity index (χ3v) is 4.29. The summed E-state index contributed by atoms with van der Waals surface area (Å²) in [5.74, 6) is 0. The first kappa shape index (κ1) is 19.1. The van der Waals surface area contributed by atoms with E-state index < -0.39 is 10.1 Å². The van der Waals surface area contributed by atoms with E-state index in [0.29, 0.717) is 11.4 Å². The number of nitrogens with zero attached hydrogens (tertiary/aromatic N) is 3. The van der Waals surface area contributed by atoms with Gasteiger partial charge in [0.25, 0.3) is 10.1 Å². The minimum Gasteiger partial charge on any atom is -0.374 e. The molecular weight excluding hydrogens is 338 g/mol. The molecule has 0 bridgehead atoms. The predicted octanol–water partition coefficient (Wildman–Crippen LogP) is 4.83. The third-order valence-electron chi connectivity index (χ3n) is 3.42. The molecule has 0 saturated heterocycles. The van der Waals surface area contributed by atoms with Crippen molar-refractivity contribution < 1.29 is 13.0 Å². The lowest BCUT2D eigenvalue weighted by molar-refractivity contribution is 0.419. The van der Waals surface area contributed by atoms with E-state index in [-0.39, 0.29) is 10.3 Å². The Balaban J connectivity index is 2.07. The fourth-order valence-corrected chi connectivity index (χ4v) is 2.86. The van der Waals surface area contributed by atoms with Crippen molar-refractivity contribution in [2.75, 3.05) is 18.5 Å². The molecule has 25 heavy (non-hydrogen) atoms. The van der Waals surface area contributed by atoms with Crippen molar-refractivity contribution in [1.82, 2.24) is 0 Å². The highest BCUT2D eigenvalue weighted by molar-refractivity contribution is 7.85. The second-order valence-corrected chi connectivity index (χ2v) is 8.52. The van der Waals surface area contributed by atoms with Gasteiger partial charge in [-0.05, 0) is 53.9 Å². The summed E-state index contributed by atoms with van der Waals surface area (Å²) in [6.07, 6.45) is 0. The Labute approximate surface area is 149 Å². The van der Waals surface area contributed by atoms with E-state index >= 15 is 0 Å². The van der Waals surface area contributed by atoms with Crippen LogP contribution in [-0.2, 0) is 10.1 Å². The molecule has 0 heterocycles. The first-order chi connectivity index (χ1) is 11.5. The van der Waals surface area contributed by atoms with Crippen LogP contribution < -0.4 is 4.90 Å². The van der Waals surface area contributed by atoms with Crippen LogP contribution in [0.4, 0.5) is 17.1 Å². The number of anilines is 1. The van der Waals surface area contributed by atoms with E-state index in [0.717, 1.165) is 12.2 Å². The summed E-state index contributed by atoms with van der Waals surface area (Å²) in [6.45, 7) is 7.52. The normalized spacial score (nSPS) is 12.5.